The number of β-lactam (4-membered cyclic amide) rings is 1. The van der Waals surface area contributed by atoms with Crippen LogP contribution in [-0.2, 0) is 24.1 Å². The number of carboxylic acids is 1. The van der Waals surface area contributed by atoms with Crippen molar-refractivity contribution in [2.24, 2.45) is 5.16 Å². The molecule has 0 bridgehead atoms. The van der Waals surface area contributed by atoms with E-state index in [1.807, 2.05) is 0 Å². The monoisotopic (exact) mass is 506 g/mol. The molecule has 172 valence electrons. The third kappa shape index (κ3) is 4.41. The van der Waals surface area contributed by atoms with E-state index in [1.165, 1.54) is 46.9 Å². The van der Waals surface area contributed by atoms with E-state index in [9.17, 15) is 19.5 Å². The van der Waals surface area contributed by atoms with E-state index >= 15 is 0 Å². The summed E-state index contributed by atoms with van der Waals surface area (Å²) in [6, 6.07) is 3.57. The summed E-state index contributed by atoms with van der Waals surface area (Å²) in [5.41, 5.74) is 6.39. The average molecular weight is 507 g/mol. The molecule has 4 heterocycles. The number of fused-ring (bicyclic) bond motifs is 1. The number of thiazole rings is 1. The molecule has 0 radical (unpaired) electrons. The highest BCUT2D eigenvalue weighted by molar-refractivity contribution is 8.01. The van der Waals surface area contributed by atoms with Crippen molar-refractivity contribution >= 4 is 64.0 Å². The summed E-state index contributed by atoms with van der Waals surface area (Å²) < 4.78 is 0. The highest BCUT2D eigenvalue weighted by Crippen LogP contribution is 2.55. The molecule has 1 fully saturated rings. The predicted molar refractivity (Wildman–Crippen MR) is 124 cm³/mol. The van der Waals surface area contributed by atoms with E-state index in [2.05, 4.69) is 25.3 Å². The number of hydrogen-bond acceptors (Lipinski definition) is 11. The van der Waals surface area contributed by atoms with E-state index in [0.29, 0.717) is 11.3 Å². The van der Waals surface area contributed by atoms with Crippen molar-refractivity contribution in [3.8, 4) is 0 Å². The van der Waals surface area contributed by atoms with E-state index in [4.69, 9.17) is 5.73 Å². The second-order valence-electron chi connectivity index (χ2n) is 6.80. The van der Waals surface area contributed by atoms with Gasteiger partial charge < -0.3 is 21.0 Å². The fraction of sp³-hybridized carbons (Fsp3) is 0.263. The highest BCUT2D eigenvalue weighted by atomic mass is 32.2. The topological polar surface area (TPSA) is 160 Å². The molecule has 0 aromatic carbocycles. The van der Waals surface area contributed by atoms with Gasteiger partial charge in [0.2, 0.25) is 5.91 Å². The van der Waals surface area contributed by atoms with Crippen LogP contribution in [-0.4, -0.2) is 62.2 Å². The van der Waals surface area contributed by atoms with Gasteiger partial charge >= 0.3 is 5.97 Å². The number of nitrogens with one attached hydrogen (secondary N) is 1. The first-order valence-corrected chi connectivity index (χ1v) is 12.2. The van der Waals surface area contributed by atoms with E-state index < -0.39 is 22.1 Å². The first kappa shape index (κ1) is 23.1. The van der Waals surface area contributed by atoms with Crippen LogP contribution in [0.15, 0.2) is 51.2 Å². The van der Waals surface area contributed by atoms with Crippen molar-refractivity contribution in [3.63, 3.8) is 0 Å². The lowest BCUT2D eigenvalue weighted by molar-refractivity contribution is -0.146. The van der Waals surface area contributed by atoms with Crippen LogP contribution in [0.3, 0.4) is 0 Å². The van der Waals surface area contributed by atoms with Gasteiger partial charge in [0, 0.05) is 34.0 Å². The van der Waals surface area contributed by atoms with E-state index in [1.54, 1.807) is 29.9 Å². The van der Waals surface area contributed by atoms with Crippen LogP contribution >= 0.6 is 34.9 Å². The fourth-order valence-electron chi connectivity index (χ4n) is 3.47. The number of carboxylic acid groups (broad SMARTS) is 1. The molecule has 0 saturated carbocycles. The number of oxime groups is 1. The van der Waals surface area contributed by atoms with Crippen LogP contribution in [0.4, 0.5) is 5.13 Å². The normalized spacial score (nSPS) is 22.2. The number of rotatable bonds is 8. The highest BCUT2D eigenvalue weighted by Gasteiger charge is 2.56. The Morgan fingerprint density at radius 1 is 1.48 bits per heavy atom. The molecule has 2 atom stereocenters. The van der Waals surface area contributed by atoms with Crippen LogP contribution < -0.4 is 11.1 Å². The van der Waals surface area contributed by atoms with Gasteiger partial charge in [0.15, 0.2) is 10.0 Å². The summed E-state index contributed by atoms with van der Waals surface area (Å²) in [6.45, 7) is 0. The maximum atomic E-state index is 12.7. The van der Waals surface area contributed by atoms with Gasteiger partial charge in [-0.1, -0.05) is 16.9 Å². The van der Waals surface area contributed by atoms with Gasteiger partial charge in [-0.05, 0) is 12.1 Å². The first-order chi connectivity index (χ1) is 15.9. The number of aromatic nitrogens is 2. The Hall–Kier alpha value is -3.10. The molecule has 11 nitrogen and oxygen atoms in total. The Bertz CT molecular complexity index is 1150. The minimum absolute atomic E-state index is 0.135. The molecule has 0 aliphatic carbocycles. The van der Waals surface area contributed by atoms with Gasteiger partial charge in [-0.25, -0.2) is 9.78 Å². The maximum Gasteiger partial charge on any atom is 0.352 e. The number of nitrogen functional groups attached to an aromatic ring is 1. The van der Waals surface area contributed by atoms with Gasteiger partial charge in [0.05, 0.1) is 17.5 Å². The van der Waals surface area contributed by atoms with Gasteiger partial charge in [-0.2, -0.15) is 0 Å². The molecule has 0 spiro atoms. The van der Waals surface area contributed by atoms with Crippen LogP contribution in [0.1, 0.15) is 12.1 Å². The number of carbonyl (C=O) groups excluding carboxylic acids is 2. The Balaban J connectivity index is 1.87. The van der Waals surface area contributed by atoms with Gasteiger partial charge in [-0.3, -0.25) is 19.5 Å². The molecule has 33 heavy (non-hydrogen) atoms. The standard InChI is InChI=1S/C19H18N6O5S3/c1-30-22-7-13(26)24-19(12-9-32-18(20)23-12)11(8-31-10-2-4-21-5-3-10)16(17(28)29)25-14(27)6-15(25)33-19/h2-5,7,9,15H,6,8H2,1H3,(H2,20,23)(H,24,26)(H,28,29)/t15-,19?/m0/s1. The van der Waals surface area contributed by atoms with Gasteiger partial charge in [0.25, 0.3) is 5.91 Å². The lowest BCUT2D eigenvalue weighted by atomic mass is 9.98. The third-order valence-corrected chi connectivity index (χ3v) is 8.14. The fourth-order valence-corrected chi connectivity index (χ4v) is 6.88. The zero-order chi connectivity index (χ0) is 23.6. The van der Waals surface area contributed by atoms with Crippen LogP contribution in [0.25, 0.3) is 0 Å². The van der Waals surface area contributed by atoms with Gasteiger partial charge in [0.1, 0.15) is 19.0 Å². The average Bonchev–Trinajstić information content (AvgIpc) is 3.23. The maximum absolute atomic E-state index is 12.7. The van der Waals surface area contributed by atoms with Crippen molar-refractivity contribution in [2.75, 3.05) is 18.6 Å². The van der Waals surface area contributed by atoms with Crippen molar-refractivity contribution in [2.45, 2.75) is 21.6 Å². The summed E-state index contributed by atoms with van der Waals surface area (Å²) >= 11 is 3.75. The predicted octanol–water partition coefficient (Wildman–Crippen LogP) is 1.46. The summed E-state index contributed by atoms with van der Waals surface area (Å²) in [7, 11) is 1.30. The third-order valence-electron chi connectivity index (χ3n) is 4.86. The Kier molecular flexibility index (Phi) is 6.58. The van der Waals surface area contributed by atoms with Gasteiger partial charge in [-0.15, -0.1) is 23.1 Å². The zero-order valence-corrected chi connectivity index (χ0v) is 19.6. The summed E-state index contributed by atoms with van der Waals surface area (Å²) in [6.07, 6.45) is 4.33. The first-order valence-electron chi connectivity index (χ1n) is 9.45. The smallest absolute Gasteiger partial charge is 0.352 e. The molecule has 2 aliphatic heterocycles. The van der Waals surface area contributed by atoms with Crippen LogP contribution in [0.2, 0.25) is 0 Å². The SMILES string of the molecule is CON=CC(=O)NC1(c2csc(N)n2)S[C@H]2CC(=O)N2C(C(=O)O)=C1CSc1ccncc1. The molecule has 2 amide bonds. The molecular formula is C19H18N6O5S3. The number of nitrogens with zero attached hydrogens (tertiary/aromatic N) is 4. The summed E-state index contributed by atoms with van der Waals surface area (Å²) in [5.74, 6) is -2.04. The number of anilines is 1. The molecule has 1 saturated heterocycles. The zero-order valence-electron chi connectivity index (χ0n) is 17.1. The molecule has 14 heteroatoms. The second kappa shape index (κ2) is 9.41. The molecule has 1 unspecified atom stereocenters. The minimum atomic E-state index is -1.39. The molecule has 2 aromatic heterocycles. The van der Waals surface area contributed by atoms with E-state index in [-0.39, 0.29) is 28.9 Å². The molecule has 2 aromatic rings. The van der Waals surface area contributed by atoms with Crippen molar-refractivity contribution in [3.05, 3.63) is 46.9 Å². The Morgan fingerprint density at radius 2 is 2.24 bits per heavy atom. The second-order valence-corrected chi connectivity index (χ2v) is 10.1. The molecule has 4 rings (SSSR count). The quantitative estimate of drug-likeness (QED) is 0.207. The summed E-state index contributed by atoms with van der Waals surface area (Å²) in [4.78, 5) is 51.2. The molecule has 4 N–H and O–H groups in total. The number of nitrogens with two attached hydrogens (primary N) is 1. The molecular weight excluding hydrogens is 488 g/mol. The largest absolute Gasteiger partial charge is 0.477 e. The van der Waals surface area contributed by atoms with E-state index in [0.717, 1.165) is 11.1 Å². The number of aliphatic carboxylic acids is 1. The van der Waals surface area contributed by atoms with Crippen LogP contribution in [0, 0.1) is 0 Å². The number of carbonyl (C=O) groups is 3. The lowest BCUT2D eigenvalue weighted by Gasteiger charge is -2.51. The number of pyridine rings is 1. The number of amides is 2. The lowest BCUT2D eigenvalue weighted by Crippen LogP contribution is -2.61. The number of thioether (sulfide) groups is 2. The Morgan fingerprint density at radius 3 is 2.85 bits per heavy atom. The van der Waals surface area contributed by atoms with Crippen LogP contribution in [0.5, 0.6) is 0 Å². The minimum Gasteiger partial charge on any atom is -0.477 e. The Labute approximate surface area is 200 Å². The number of hydrogen-bond donors (Lipinski definition) is 3. The molecule has 2 aliphatic rings. The van der Waals surface area contributed by atoms with Crippen molar-refractivity contribution in [1.29, 1.82) is 0 Å². The van der Waals surface area contributed by atoms with Crippen molar-refractivity contribution < 1.29 is 24.3 Å². The summed E-state index contributed by atoms with van der Waals surface area (Å²) in [5, 5.41) is 17.9. The van der Waals surface area contributed by atoms with Crippen molar-refractivity contribution in [1.82, 2.24) is 20.2 Å².